The van der Waals surface area contributed by atoms with Gasteiger partial charge in [0.25, 0.3) is 0 Å². The van der Waals surface area contributed by atoms with Crippen molar-refractivity contribution in [3.8, 4) is 11.1 Å². The highest BCUT2D eigenvalue weighted by Gasteiger charge is 2.55. The lowest BCUT2D eigenvalue weighted by atomic mass is 9.86. The molecule has 0 bridgehead atoms. The fourth-order valence-corrected chi connectivity index (χ4v) is 6.91. The van der Waals surface area contributed by atoms with E-state index in [1.54, 1.807) is 0 Å². The molecule has 42 heavy (non-hydrogen) atoms. The number of aliphatic carboxylic acids is 1. The second-order valence-corrected chi connectivity index (χ2v) is 11.6. The first-order valence-corrected chi connectivity index (χ1v) is 15.4. The molecule has 1 aromatic heterocycles. The van der Waals surface area contributed by atoms with Crippen LogP contribution in [-0.2, 0) is 29.1 Å². The molecule has 1 aliphatic heterocycles. The minimum Gasteiger partial charge on any atom is -0.478 e. The molecule has 0 amide bonds. The Kier molecular flexibility index (Phi) is 12.6. The smallest absolute Gasteiger partial charge is 0.337 e. The van der Waals surface area contributed by atoms with E-state index in [9.17, 15) is 9.90 Å². The summed E-state index contributed by atoms with van der Waals surface area (Å²) in [6.07, 6.45) is 4.87. The molecule has 3 N–H and O–H groups in total. The Bertz CT molecular complexity index is 1240. The van der Waals surface area contributed by atoms with Crippen molar-refractivity contribution in [2.75, 3.05) is 13.1 Å². The SMILES string of the molecule is CCN1C=C(C(=O)O)C(CC)(OCc2c(C)nc(CC(C)C)c(CN)c2-c2ccc(C)cc2)N(CC)C1(CC)CC.Cl. The molecule has 234 valence electrons. The van der Waals surface area contributed by atoms with Gasteiger partial charge in [-0.2, -0.15) is 0 Å². The Morgan fingerprint density at radius 3 is 2.07 bits per heavy atom. The zero-order chi connectivity index (χ0) is 30.5. The Labute approximate surface area is 259 Å². The predicted molar refractivity (Wildman–Crippen MR) is 174 cm³/mol. The van der Waals surface area contributed by atoms with E-state index in [1.165, 1.54) is 5.56 Å². The highest BCUT2D eigenvalue weighted by molar-refractivity contribution is 5.89. The number of hydrogen-bond donors (Lipinski definition) is 2. The first-order valence-electron chi connectivity index (χ1n) is 15.4. The third-order valence-corrected chi connectivity index (χ3v) is 8.97. The van der Waals surface area contributed by atoms with Crippen LogP contribution in [0.3, 0.4) is 0 Å². The molecule has 0 saturated heterocycles. The summed E-state index contributed by atoms with van der Waals surface area (Å²) in [6, 6.07) is 8.52. The topological polar surface area (TPSA) is 91.9 Å². The molecule has 1 unspecified atom stereocenters. The molecule has 0 fully saturated rings. The number of rotatable bonds is 13. The summed E-state index contributed by atoms with van der Waals surface area (Å²) in [5.41, 5.74) is 12.5. The van der Waals surface area contributed by atoms with Gasteiger partial charge in [0.1, 0.15) is 0 Å². The van der Waals surface area contributed by atoms with Crippen molar-refractivity contribution in [2.45, 2.75) is 113 Å². The molecule has 1 aliphatic rings. The van der Waals surface area contributed by atoms with E-state index >= 15 is 0 Å². The molecule has 1 atom stereocenters. The summed E-state index contributed by atoms with van der Waals surface area (Å²) in [5.74, 6) is -0.516. The Morgan fingerprint density at radius 2 is 1.62 bits per heavy atom. The van der Waals surface area contributed by atoms with Gasteiger partial charge in [0.2, 0.25) is 0 Å². The molecule has 1 aromatic carbocycles. The summed E-state index contributed by atoms with van der Waals surface area (Å²) in [6.45, 7) is 21.0. The van der Waals surface area contributed by atoms with Crippen molar-refractivity contribution in [3.63, 3.8) is 0 Å². The average molecular weight is 601 g/mol. The van der Waals surface area contributed by atoms with Gasteiger partial charge < -0.3 is 20.5 Å². The Hall–Kier alpha value is -2.45. The van der Waals surface area contributed by atoms with Crippen molar-refractivity contribution in [1.29, 1.82) is 0 Å². The zero-order valence-electron chi connectivity index (χ0n) is 27.2. The number of pyridine rings is 1. The number of aromatic nitrogens is 1. The minimum atomic E-state index is -1.10. The molecule has 0 radical (unpaired) electrons. The highest BCUT2D eigenvalue weighted by atomic mass is 35.5. The lowest BCUT2D eigenvalue weighted by Crippen LogP contribution is -2.71. The molecule has 3 rings (SSSR count). The van der Waals surface area contributed by atoms with Gasteiger partial charge in [0, 0.05) is 42.8 Å². The molecule has 0 saturated carbocycles. The minimum absolute atomic E-state index is 0. The van der Waals surface area contributed by atoms with Crippen LogP contribution in [0.4, 0.5) is 0 Å². The van der Waals surface area contributed by atoms with Gasteiger partial charge in [-0.1, -0.05) is 71.4 Å². The molecular formula is C34H53ClN4O3. The van der Waals surface area contributed by atoms with Crippen molar-refractivity contribution < 1.29 is 14.6 Å². The van der Waals surface area contributed by atoms with E-state index in [-0.39, 0.29) is 30.2 Å². The number of carboxylic acid groups (broad SMARTS) is 1. The fraction of sp³-hybridized carbons (Fsp3) is 0.588. The van der Waals surface area contributed by atoms with Gasteiger partial charge in [0.05, 0.1) is 17.8 Å². The van der Waals surface area contributed by atoms with Crippen LogP contribution in [0.25, 0.3) is 11.1 Å². The predicted octanol–water partition coefficient (Wildman–Crippen LogP) is 7.21. The summed E-state index contributed by atoms with van der Waals surface area (Å²) in [4.78, 5) is 22.4. The Balaban J connectivity index is 0.00000616. The number of benzene rings is 1. The summed E-state index contributed by atoms with van der Waals surface area (Å²) >= 11 is 0. The van der Waals surface area contributed by atoms with Crippen molar-refractivity contribution in [3.05, 3.63) is 64.1 Å². The molecule has 0 aliphatic carbocycles. The average Bonchev–Trinajstić information content (AvgIpc) is 2.95. The number of halogens is 1. The molecule has 0 spiro atoms. The van der Waals surface area contributed by atoms with Crippen molar-refractivity contribution in [2.24, 2.45) is 11.7 Å². The van der Waals surface area contributed by atoms with E-state index in [0.717, 1.165) is 52.9 Å². The van der Waals surface area contributed by atoms with Crippen molar-refractivity contribution >= 4 is 18.4 Å². The number of aryl methyl sites for hydroxylation is 2. The number of nitrogens with zero attached hydrogens (tertiary/aromatic N) is 3. The van der Waals surface area contributed by atoms with E-state index in [0.29, 0.717) is 32.0 Å². The van der Waals surface area contributed by atoms with Gasteiger partial charge in [-0.25, -0.2) is 9.69 Å². The van der Waals surface area contributed by atoms with E-state index in [2.05, 4.69) is 82.5 Å². The van der Waals surface area contributed by atoms with Gasteiger partial charge in [-0.15, -0.1) is 12.4 Å². The maximum Gasteiger partial charge on any atom is 0.337 e. The molecule has 2 heterocycles. The highest BCUT2D eigenvalue weighted by Crippen LogP contribution is 2.46. The number of ether oxygens (including phenoxy) is 1. The number of carbonyl (C=O) groups is 1. The normalized spacial score (nSPS) is 18.6. The third-order valence-electron chi connectivity index (χ3n) is 8.97. The van der Waals surface area contributed by atoms with Crippen LogP contribution in [0.5, 0.6) is 0 Å². The third kappa shape index (κ3) is 6.40. The van der Waals surface area contributed by atoms with Crippen LogP contribution < -0.4 is 5.73 Å². The van der Waals surface area contributed by atoms with E-state index < -0.39 is 11.7 Å². The van der Waals surface area contributed by atoms with Crippen LogP contribution in [0, 0.1) is 19.8 Å². The maximum absolute atomic E-state index is 12.9. The van der Waals surface area contributed by atoms with Crippen LogP contribution in [-0.4, -0.2) is 50.3 Å². The van der Waals surface area contributed by atoms with Crippen molar-refractivity contribution in [1.82, 2.24) is 14.8 Å². The van der Waals surface area contributed by atoms with Gasteiger partial charge in [-0.3, -0.25) is 4.98 Å². The second kappa shape index (κ2) is 14.8. The van der Waals surface area contributed by atoms with Gasteiger partial charge in [-0.05, 0) is 69.1 Å². The van der Waals surface area contributed by atoms with Crippen LogP contribution >= 0.6 is 12.4 Å². The number of hydrogen-bond acceptors (Lipinski definition) is 6. The van der Waals surface area contributed by atoms with Gasteiger partial charge in [0.15, 0.2) is 5.72 Å². The zero-order valence-corrected chi connectivity index (χ0v) is 28.0. The van der Waals surface area contributed by atoms with E-state index in [1.807, 2.05) is 20.0 Å². The summed E-state index contributed by atoms with van der Waals surface area (Å²) in [5, 5.41) is 10.5. The molecule has 7 nitrogen and oxygen atoms in total. The molecule has 2 aromatic rings. The number of nitrogens with two attached hydrogens (primary N) is 1. The fourth-order valence-electron chi connectivity index (χ4n) is 6.91. The second-order valence-electron chi connectivity index (χ2n) is 11.6. The van der Waals surface area contributed by atoms with Crippen LogP contribution in [0.2, 0.25) is 0 Å². The quantitative estimate of drug-likeness (QED) is 0.251. The maximum atomic E-state index is 12.9. The monoisotopic (exact) mass is 600 g/mol. The first kappa shape index (κ1) is 35.7. The van der Waals surface area contributed by atoms with Crippen LogP contribution in [0.15, 0.2) is 36.0 Å². The van der Waals surface area contributed by atoms with E-state index in [4.69, 9.17) is 15.5 Å². The molecule has 8 heteroatoms. The van der Waals surface area contributed by atoms with Crippen LogP contribution in [0.1, 0.15) is 95.8 Å². The number of carboxylic acids is 1. The summed E-state index contributed by atoms with van der Waals surface area (Å²) in [7, 11) is 0. The molecular weight excluding hydrogens is 548 g/mol. The Morgan fingerprint density at radius 1 is 1.00 bits per heavy atom. The number of likely N-dealkylation sites (N-methyl/N-ethyl adjacent to an activating group) is 1. The summed E-state index contributed by atoms with van der Waals surface area (Å²) < 4.78 is 6.99. The lowest BCUT2D eigenvalue weighted by molar-refractivity contribution is -0.225. The standard InChI is InChI=1S/C34H52N4O3.ClH/c1-10-33(11-2)37(13-4)21-29(32(39)40)34(12-3,38(33)14-5)41-22-28-25(9)36-30(19-23(6)7)27(20-35)31(28)26-17-15-24(8)16-18-26;/h15-18,21,23H,10-14,19-20,22,35H2,1-9H3,(H,39,40);1H. The van der Waals surface area contributed by atoms with Gasteiger partial charge >= 0.3 is 5.97 Å². The largest absolute Gasteiger partial charge is 0.478 e. The first-order chi connectivity index (χ1) is 19.5. The lowest BCUT2D eigenvalue weighted by Gasteiger charge is -2.60.